The van der Waals surface area contributed by atoms with Crippen molar-refractivity contribution in [2.45, 2.75) is 0 Å². The van der Waals surface area contributed by atoms with Crippen LogP contribution < -0.4 is 24.3 Å². The second kappa shape index (κ2) is 8.11. The molecule has 1 N–H and O–H groups in total. The lowest BCUT2D eigenvalue weighted by Crippen LogP contribution is -2.17. The number of benzene rings is 2. The number of hydrogen-bond donors (Lipinski definition) is 1. The summed E-state index contributed by atoms with van der Waals surface area (Å²) in [6.45, 7) is -0.0157. The average molecular weight is 358 g/mol. The Bertz CT molecular complexity index is 821. The van der Waals surface area contributed by atoms with Crippen LogP contribution in [-0.4, -0.2) is 39.7 Å². The van der Waals surface area contributed by atoms with E-state index in [4.69, 9.17) is 23.8 Å². The summed E-state index contributed by atoms with van der Waals surface area (Å²) in [6, 6.07) is 10.4. The van der Waals surface area contributed by atoms with Crippen LogP contribution in [-0.2, 0) is 9.63 Å². The molecule has 0 saturated carbocycles. The number of nitrogens with one attached hydrogen (secondary N) is 1. The summed E-state index contributed by atoms with van der Waals surface area (Å²) in [5.74, 6) is 2.10. The predicted molar refractivity (Wildman–Crippen MR) is 94.3 cm³/mol. The normalized spacial score (nSPS) is 12.1. The summed E-state index contributed by atoms with van der Waals surface area (Å²) in [6.07, 6.45) is 1.49. The molecule has 2 aromatic rings. The van der Waals surface area contributed by atoms with Crippen LogP contribution in [0.25, 0.3) is 0 Å². The summed E-state index contributed by atoms with van der Waals surface area (Å²) >= 11 is 0. The van der Waals surface area contributed by atoms with Crippen LogP contribution >= 0.6 is 0 Å². The molecule has 1 amide bonds. The lowest BCUT2D eigenvalue weighted by molar-refractivity contribution is -0.120. The van der Waals surface area contributed by atoms with Crippen LogP contribution in [0.2, 0.25) is 0 Å². The van der Waals surface area contributed by atoms with Gasteiger partial charge in [-0.25, -0.2) is 0 Å². The molecule has 8 heteroatoms. The van der Waals surface area contributed by atoms with Gasteiger partial charge in [0.1, 0.15) is 0 Å². The molecule has 0 aliphatic carbocycles. The first-order chi connectivity index (χ1) is 12.7. The SMILES string of the molecule is COc1ccc(NC(=O)CO/N=C\c2ccc3c(c2)OCO3)cc1OC. The summed E-state index contributed by atoms with van der Waals surface area (Å²) in [5.41, 5.74) is 1.34. The average Bonchev–Trinajstić information content (AvgIpc) is 3.13. The summed E-state index contributed by atoms with van der Waals surface area (Å²) in [7, 11) is 3.07. The van der Waals surface area contributed by atoms with Gasteiger partial charge in [-0.15, -0.1) is 0 Å². The van der Waals surface area contributed by atoms with Gasteiger partial charge in [-0.2, -0.15) is 0 Å². The van der Waals surface area contributed by atoms with E-state index in [1.807, 2.05) is 6.07 Å². The van der Waals surface area contributed by atoms with E-state index in [9.17, 15) is 4.79 Å². The second-order valence-electron chi connectivity index (χ2n) is 5.24. The minimum atomic E-state index is -0.347. The minimum Gasteiger partial charge on any atom is -0.493 e. The molecule has 0 aromatic heterocycles. The van der Waals surface area contributed by atoms with Crippen molar-refractivity contribution in [1.82, 2.24) is 0 Å². The number of carbonyl (C=O) groups excluding carboxylic acids is 1. The van der Waals surface area contributed by atoms with Gasteiger partial charge in [-0.1, -0.05) is 5.16 Å². The van der Waals surface area contributed by atoms with Gasteiger partial charge in [-0.05, 0) is 30.3 Å². The second-order valence-corrected chi connectivity index (χ2v) is 5.24. The van der Waals surface area contributed by atoms with E-state index in [2.05, 4.69) is 10.5 Å². The zero-order chi connectivity index (χ0) is 18.4. The highest BCUT2D eigenvalue weighted by Gasteiger charge is 2.12. The molecule has 2 aromatic carbocycles. The molecule has 0 saturated heterocycles. The first-order valence-electron chi connectivity index (χ1n) is 7.76. The summed E-state index contributed by atoms with van der Waals surface area (Å²) in [4.78, 5) is 16.9. The number of ether oxygens (including phenoxy) is 4. The molecule has 1 aliphatic rings. The maximum atomic E-state index is 11.9. The van der Waals surface area contributed by atoms with Crippen LogP contribution in [0.4, 0.5) is 5.69 Å². The van der Waals surface area contributed by atoms with E-state index in [1.165, 1.54) is 13.3 Å². The van der Waals surface area contributed by atoms with Gasteiger partial charge in [0.15, 0.2) is 29.6 Å². The smallest absolute Gasteiger partial charge is 0.265 e. The number of rotatable bonds is 7. The molecule has 1 aliphatic heterocycles. The molecule has 0 unspecified atom stereocenters. The maximum absolute atomic E-state index is 11.9. The van der Waals surface area contributed by atoms with Gasteiger partial charge in [0, 0.05) is 17.3 Å². The molecular weight excluding hydrogens is 340 g/mol. The number of nitrogens with zero attached hydrogens (tertiary/aromatic N) is 1. The molecule has 1 heterocycles. The minimum absolute atomic E-state index is 0.211. The largest absolute Gasteiger partial charge is 0.493 e. The molecule has 0 fully saturated rings. The molecular formula is C18H18N2O6. The standard InChI is InChI=1S/C18H18N2O6/c1-22-14-6-4-13(8-16(14)23-2)20-18(21)10-26-19-9-12-3-5-15-17(7-12)25-11-24-15/h3-9H,10-11H2,1-2H3,(H,20,21)/b19-9-. The fourth-order valence-corrected chi connectivity index (χ4v) is 2.30. The van der Waals surface area contributed by atoms with E-state index in [0.717, 1.165) is 5.56 Å². The van der Waals surface area contributed by atoms with Crippen LogP contribution in [0.1, 0.15) is 5.56 Å². The van der Waals surface area contributed by atoms with Gasteiger partial charge < -0.3 is 29.1 Å². The van der Waals surface area contributed by atoms with Crippen molar-refractivity contribution < 1.29 is 28.6 Å². The molecule has 0 atom stereocenters. The van der Waals surface area contributed by atoms with Crippen molar-refractivity contribution in [3.63, 3.8) is 0 Å². The third-order valence-corrected chi connectivity index (χ3v) is 3.54. The Morgan fingerprint density at radius 2 is 1.92 bits per heavy atom. The maximum Gasteiger partial charge on any atom is 0.265 e. The monoisotopic (exact) mass is 358 g/mol. The third-order valence-electron chi connectivity index (χ3n) is 3.54. The zero-order valence-corrected chi connectivity index (χ0v) is 14.4. The number of carbonyl (C=O) groups is 1. The van der Waals surface area contributed by atoms with Crippen molar-refractivity contribution in [2.75, 3.05) is 32.9 Å². The molecule has 136 valence electrons. The molecule has 26 heavy (non-hydrogen) atoms. The van der Waals surface area contributed by atoms with Crippen LogP contribution in [0.3, 0.4) is 0 Å². The zero-order valence-electron chi connectivity index (χ0n) is 14.4. The Morgan fingerprint density at radius 3 is 2.73 bits per heavy atom. The molecule has 0 radical (unpaired) electrons. The molecule has 0 spiro atoms. The highest BCUT2D eigenvalue weighted by molar-refractivity contribution is 5.92. The lowest BCUT2D eigenvalue weighted by atomic mass is 10.2. The number of hydrogen-bond acceptors (Lipinski definition) is 7. The summed E-state index contributed by atoms with van der Waals surface area (Å²) in [5, 5.41) is 6.47. The number of methoxy groups -OCH3 is 2. The Morgan fingerprint density at radius 1 is 1.12 bits per heavy atom. The van der Waals surface area contributed by atoms with Crippen LogP contribution in [0, 0.1) is 0 Å². The fraction of sp³-hybridized carbons (Fsp3) is 0.222. The molecule has 8 nitrogen and oxygen atoms in total. The summed E-state index contributed by atoms with van der Waals surface area (Å²) < 4.78 is 20.8. The fourth-order valence-electron chi connectivity index (χ4n) is 2.30. The van der Waals surface area contributed by atoms with Gasteiger partial charge >= 0.3 is 0 Å². The van der Waals surface area contributed by atoms with Gasteiger partial charge in [0.2, 0.25) is 6.79 Å². The Kier molecular flexibility index (Phi) is 5.43. The highest BCUT2D eigenvalue weighted by Crippen LogP contribution is 2.32. The number of amides is 1. The van der Waals surface area contributed by atoms with Crippen molar-refractivity contribution in [3.05, 3.63) is 42.0 Å². The third kappa shape index (κ3) is 4.15. The number of oxime groups is 1. The number of anilines is 1. The van der Waals surface area contributed by atoms with Gasteiger partial charge in [-0.3, -0.25) is 4.79 Å². The Balaban J connectivity index is 1.50. The van der Waals surface area contributed by atoms with E-state index in [-0.39, 0.29) is 19.3 Å². The van der Waals surface area contributed by atoms with Crippen molar-refractivity contribution >= 4 is 17.8 Å². The topological polar surface area (TPSA) is 87.6 Å². The van der Waals surface area contributed by atoms with Crippen LogP contribution in [0.15, 0.2) is 41.6 Å². The first kappa shape index (κ1) is 17.4. The van der Waals surface area contributed by atoms with Gasteiger partial charge in [0.25, 0.3) is 5.91 Å². The van der Waals surface area contributed by atoms with E-state index >= 15 is 0 Å². The van der Waals surface area contributed by atoms with Crippen molar-refractivity contribution in [3.8, 4) is 23.0 Å². The predicted octanol–water partition coefficient (Wildman–Crippen LogP) is 2.42. The lowest BCUT2D eigenvalue weighted by Gasteiger charge is -2.10. The quantitative estimate of drug-likeness (QED) is 0.604. The van der Waals surface area contributed by atoms with E-state index in [1.54, 1.807) is 37.4 Å². The van der Waals surface area contributed by atoms with Crippen molar-refractivity contribution in [2.24, 2.45) is 5.16 Å². The highest BCUT2D eigenvalue weighted by atomic mass is 16.7. The molecule has 0 bridgehead atoms. The van der Waals surface area contributed by atoms with Crippen molar-refractivity contribution in [1.29, 1.82) is 0 Å². The van der Waals surface area contributed by atoms with Crippen LogP contribution in [0.5, 0.6) is 23.0 Å². The molecule has 3 rings (SSSR count). The van der Waals surface area contributed by atoms with Gasteiger partial charge in [0.05, 0.1) is 20.4 Å². The number of fused-ring (bicyclic) bond motifs is 1. The first-order valence-corrected chi connectivity index (χ1v) is 7.76. The van der Waals surface area contributed by atoms with E-state index < -0.39 is 0 Å². The van der Waals surface area contributed by atoms with E-state index in [0.29, 0.717) is 28.7 Å². The Hall–Kier alpha value is -3.42. The Labute approximate surface area is 150 Å².